The van der Waals surface area contributed by atoms with E-state index in [0.29, 0.717) is 29.3 Å². The van der Waals surface area contributed by atoms with E-state index in [1.54, 1.807) is 12.1 Å². The van der Waals surface area contributed by atoms with Crippen LogP contribution in [-0.4, -0.2) is 60.0 Å². The summed E-state index contributed by atoms with van der Waals surface area (Å²) in [5.41, 5.74) is 1.12. The van der Waals surface area contributed by atoms with Crippen LogP contribution < -0.4 is 15.5 Å². The molecule has 0 aliphatic carbocycles. The van der Waals surface area contributed by atoms with Gasteiger partial charge >= 0.3 is 0 Å². The zero-order valence-electron chi connectivity index (χ0n) is 19.6. The second-order valence-electron chi connectivity index (χ2n) is 10.4. The lowest BCUT2D eigenvalue weighted by Gasteiger charge is -2.42. The molecule has 5 atom stereocenters. The molecule has 2 bridgehead atoms. The van der Waals surface area contributed by atoms with Crippen LogP contribution in [0.4, 0.5) is 17.3 Å². The molecular weight excluding hydrogens is 438 g/mol. The van der Waals surface area contributed by atoms with Crippen molar-refractivity contribution in [2.24, 2.45) is 0 Å². The Morgan fingerprint density at radius 3 is 2.70 bits per heavy atom. The number of rotatable bonds is 4. The van der Waals surface area contributed by atoms with Crippen molar-refractivity contribution in [3.63, 3.8) is 0 Å². The first kappa shape index (κ1) is 22.3. The molecule has 0 radical (unpaired) electrons. The summed E-state index contributed by atoms with van der Waals surface area (Å²) < 4.78 is 12.9. The summed E-state index contributed by atoms with van der Waals surface area (Å²) >= 11 is 0. The monoisotopic (exact) mass is 469 g/mol. The molecule has 2 fully saturated rings. The highest BCUT2D eigenvalue weighted by molar-refractivity contribution is 6.74. The van der Waals surface area contributed by atoms with Gasteiger partial charge in [-0.15, -0.1) is 0 Å². The normalized spacial score (nSPS) is 28.2. The van der Waals surface area contributed by atoms with Crippen molar-refractivity contribution in [1.82, 2.24) is 9.97 Å². The lowest BCUT2D eigenvalue weighted by molar-refractivity contribution is -0.0979. The van der Waals surface area contributed by atoms with E-state index in [4.69, 9.17) is 9.16 Å². The summed E-state index contributed by atoms with van der Waals surface area (Å²) in [6, 6.07) is 8.96. The van der Waals surface area contributed by atoms with Crippen molar-refractivity contribution < 1.29 is 19.1 Å². The van der Waals surface area contributed by atoms with Crippen molar-refractivity contribution in [2.75, 3.05) is 15.5 Å². The minimum atomic E-state index is -2.03. The molecule has 1 aromatic carbocycles. The standard InChI is InChI=1S/C23H31N5O4Si/c1-23(2,3)33(4,5)32-14-11-15-28-20-16(26-21(28)17(29)18(14)31-15)19(24-12-25-20)27-22(30)13-9-7-6-8-10-13/h6-10,12,14-15,17-18,21,26,29H,11H2,1-5H3,(H,24,25,27,30)/t14-,15+,17+,18-,21+/m0/s1. The van der Waals surface area contributed by atoms with E-state index in [1.165, 1.54) is 6.33 Å². The van der Waals surface area contributed by atoms with Crippen LogP contribution in [0.2, 0.25) is 18.1 Å². The molecule has 1 amide bonds. The van der Waals surface area contributed by atoms with Gasteiger partial charge in [0.25, 0.3) is 5.91 Å². The summed E-state index contributed by atoms with van der Waals surface area (Å²) in [4.78, 5) is 23.4. The van der Waals surface area contributed by atoms with Gasteiger partial charge in [-0.05, 0) is 30.3 Å². The number of nitrogens with zero attached hydrogens (tertiary/aromatic N) is 3. The smallest absolute Gasteiger partial charge is 0.256 e. The lowest BCUT2D eigenvalue weighted by Crippen LogP contribution is -2.59. The SMILES string of the molecule is CC(C)(C)[Si](C)(C)O[C@H]1C[C@H]2O[C@@H]1[C@@H](O)[C@@H]1Nc3c(NC(=O)c4ccccc4)ncnc3N21. The van der Waals surface area contributed by atoms with Gasteiger partial charge in [0.1, 0.15) is 36.6 Å². The average Bonchev–Trinajstić information content (AvgIpc) is 3.32. The van der Waals surface area contributed by atoms with Crippen LogP contribution in [-0.2, 0) is 9.16 Å². The maximum atomic E-state index is 12.7. The number of ether oxygens (including phenoxy) is 1. The summed E-state index contributed by atoms with van der Waals surface area (Å²) in [7, 11) is -2.03. The number of nitrogens with one attached hydrogen (secondary N) is 2. The lowest BCUT2D eigenvalue weighted by atomic mass is 10.1. The fourth-order valence-corrected chi connectivity index (χ4v) is 5.81. The fourth-order valence-electron chi connectivity index (χ4n) is 4.47. The van der Waals surface area contributed by atoms with Gasteiger partial charge in [0.15, 0.2) is 20.0 Å². The highest BCUT2D eigenvalue weighted by atomic mass is 28.4. The molecule has 2 saturated heterocycles. The van der Waals surface area contributed by atoms with Gasteiger partial charge in [0, 0.05) is 12.0 Å². The molecule has 2 aromatic rings. The van der Waals surface area contributed by atoms with Gasteiger partial charge < -0.3 is 29.8 Å². The second kappa shape index (κ2) is 7.76. The molecular formula is C23H31N5O4Si. The van der Waals surface area contributed by atoms with Crippen molar-refractivity contribution in [2.45, 2.75) is 76.0 Å². The molecule has 0 saturated carbocycles. The Kier molecular flexibility index (Phi) is 5.24. The molecule has 10 heteroatoms. The van der Waals surface area contributed by atoms with Gasteiger partial charge in [0.05, 0.1) is 6.10 Å². The van der Waals surface area contributed by atoms with E-state index in [1.807, 2.05) is 23.1 Å². The summed E-state index contributed by atoms with van der Waals surface area (Å²) in [6.07, 6.45) is -0.0867. The number of carbonyl (C=O) groups is 1. The van der Waals surface area contributed by atoms with Crippen LogP contribution in [0.5, 0.6) is 0 Å². The molecule has 33 heavy (non-hydrogen) atoms. The number of aliphatic hydroxyl groups excluding tert-OH is 1. The number of carbonyl (C=O) groups excluding carboxylic acids is 1. The highest BCUT2D eigenvalue weighted by Crippen LogP contribution is 2.48. The molecule has 3 N–H and O–H groups in total. The van der Waals surface area contributed by atoms with Gasteiger partial charge in [-0.2, -0.15) is 0 Å². The Balaban J connectivity index is 1.39. The van der Waals surface area contributed by atoms with Crippen molar-refractivity contribution in [1.29, 1.82) is 0 Å². The molecule has 1 aromatic heterocycles. The summed E-state index contributed by atoms with van der Waals surface area (Å²) in [5, 5.41) is 17.5. The van der Waals surface area contributed by atoms with Crippen LogP contribution in [0.25, 0.3) is 0 Å². The second-order valence-corrected chi connectivity index (χ2v) is 15.2. The maximum absolute atomic E-state index is 12.7. The molecule has 3 aliphatic rings. The van der Waals surface area contributed by atoms with E-state index < -0.39 is 26.7 Å². The van der Waals surface area contributed by atoms with Crippen molar-refractivity contribution in [3.05, 3.63) is 42.2 Å². The number of hydrogen-bond acceptors (Lipinski definition) is 8. The van der Waals surface area contributed by atoms with Gasteiger partial charge in [-0.1, -0.05) is 39.0 Å². The average molecular weight is 470 g/mol. The van der Waals surface area contributed by atoms with Crippen molar-refractivity contribution >= 4 is 31.5 Å². The first-order chi connectivity index (χ1) is 15.6. The number of benzene rings is 1. The predicted molar refractivity (Wildman–Crippen MR) is 128 cm³/mol. The fraction of sp³-hybridized carbons (Fsp3) is 0.522. The van der Waals surface area contributed by atoms with Gasteiger partial charge in [-0.3, -0.25) is 4.79 Å². The van der Waals surface area contributed by atoms with Crippen LogP contribution >= 0.6 is 0 Å². The minimum Gasteiger partial charge on any atom is -0.411 e. The molecule has 9 nitrogen and oxygen atoms in total. The molecule has 3 aliphatic heterocycles. The number of hydrogen-bond donors (Lipinski definition) is 3. The van der Waals surface area contributed by atoms with Gasteiger partial charge in [-0.25, -0.2) is 9.97 Å². The number of aromatic nitrogens is 2. The van der Waals surface area contributed by atoms with Crippen LogP contribution in [0.1, 0.15) is 37.6 Å². The Morgan fingerprint density at radius 2 is 2.00 bits per heavy atom. The number of fused-ring (bicyclic) bond motifs is 6. The topological polar surface area (TPSA) is 109 Å². The third kappa shape index (κ3) is 3.70. The number of anilines is 3. The van der Waals surface area contributed by atoms with E-state index in [2.05, 4.69) is 54.5 Å². The molecule has 0 spiro atoms. The first-order valence-corrected chi connectivity index (χ1v) is 14.3. The summed E-state index contributed by atoms with van der Waals surface area (Å²) in [5.74, 6) is 0.721. The Morgan fingerprint density at radius 1 is 1.27 bits per heavy atom. The molecule has 5 rings (SSSR count). The quantitative estimate of drug-likeness (QED) is 0.586. The minimum absolute atomic E-state index is 0.0642. The zero-order valence-corrected chi connectivity index (χ0v) is 20.6. The number of aliphatic hydroxyl groups is 1. The van der Waals surface area contributed by atoms with Crippen LogP contribution in [0.15, 0.2) is 36.7 Å². The Labute approximate surface area is 194 Å². The van der Waals surface area contributed by atoms with E-state index in [0.717, 1.165) is 0 Å². The van der Waals surface area contributed by atoms with E-state index >= 15 is 0 Å². The molecule has 4 heterocycles. The highest BCUT2D eigenvalue weighted by Gasteiger charge is 2.57. The van der Waals surface area contributed by atoms with E-state index in [-0.39, 0.29) is 23.3 Å². The first-order valence-electron chi connectivity index (χ1n) is 11.3. The molecule has 176 valence electrons. The Bertz CT molecular complexity index is 1060. The van der Waals surface area contributed by atoms with Crippen LogP contribution in [0, 0.1) is 0 Å². The molecule has 0 unspecified atom stereocenters. The zero-order chi connectivity index (χ0) is 23.5. The maximum Gasteiger partial charge on any atom is 0.256 e. The summed E-state index contributed by atoms with van der Waals surface area (Å²) in [6.45, 7) is 11.0. The van der Waals surface area contributed by atoms with Crippen LogP contribution in [0.3, 0.4) is 0 Å². The number of amides is 1. The van der Waals surface area contributed by atoms with Crippen molar-refractivity contribution in [3.8, 4) is 0 Å². The Hall–Kier alpha value is -2.53. The predicted octanol–water partition coefficient (Wildman–Crippen LogP) is 3.17. The third-order valence-electron chi connectivity index (χ3n) is 7.27. The van der Waals surface area contributed by atoms with Gasteiger partial charge in [0.2, 0.25) is 0 Å². The third-order valence-corrected chi connectivity index (χ3v) is 11.8. The largest absolute Gasteiger partial charge is 0.411 e. The van der Waals surface area contributed by atoms with E-state index in [9.17, 15) is 9.90 Å².